The molecule has 0 aliphatic carbocycles. The molecule has 2 aromatic carbocycles. The normalized spacial score (nSPS) is 12.9. The third kappa shape index (κ3) is 4.67. The number of carbonyl (C=O) groups excluding carboxylic acids is 2. The molecular weight excluding hydrogens is 474 g/mol. The Morgan fingerprint density at radius 1 is 1.18 bits per heavy atom. The molecule has 172 valence electrons. The number of hydrogen-bond donors (Lipinski definition) is 1. The average molecular weight is 494 g/mol. The Kier molecular flexibility index (Phi) is 6.30. The number of anilines is 2. The van der Waals surface area contributed by atoms with E-state index in [1.807, 2.05) is 47.8 Å². The van der Waals surface area contributed by atoms with Crippen molar-refractivity contribution in [1.29, 1.82) is 0 Å². The van der Waals surface area contributed by atoms with Gasteiger partial charge >= 0.3 is 0 Å². The number of thiazole rings is 1. The summed E-state index contributed by atoms with van der Waals surface area (Å²) in [5.41, 5.74) is 3.18. The minimum absolute atomic E-state index is 0.134. The van der Waals surface area contributed by atoms with Crippen molar-refractivity contribution < 1.29 is 19.1 Å². The molecule has 1 N–H and O–H groups in total. The molecule has 0 spiro atoms. The Balaban J connectivity index is 1.37. The molecule has 1 aliphatic rings. The molecule has 4 aromatic rings. The highest BCUT2D eigenvalue weighted by molar-refractivity contribution is 7.15. The van der Waals surface area contributed by atoms with E-state index in [1.165, 1.54) is 16.2 Å². The predicted octanol–water partition coefficient (Wildman–Crippen LogP) is 3.84. The van der Waals surface area contributed by atoms with Crippen LogP contribution in [0, 0.1) is 0 Å². The van der Waals surface area contributed by atoms with Gasteiger partial charge in [0.05, 0.1) is 11.4 Å². The monoisotopic (exact) mass is 493 g/mol. The lowest BCUT2D eigenvalue weighted by molar-refractivity contribution is -0.123. The topological polar surface area (TPSA) is 107 Å². The van der Waals surface area contributed by atoms with Crippen LogP contribution < -0.4 is 15.0 Å². The Bertz CT molecular complexity index is 1340. The van der Waals surface area contributed by atoms with Crippen LogP contribution in [-0.2, 0) is 20.9 Å². The summed E-state index contributed by atoms with van der Waals surface area (Å²) in [4.78, 5) is 31.5. The van der Waals surface area contributed by atoms with Gasteiger partial charge in [-0.2, -0.15) is 0 Å². The minimum atomic E-state index is -0.383. The predicted molar refractivity (Wildman–Crippen MR) is 130 cm³/mol. The number of fused-ring (bicyclic) bond motifs is 1. The van der Waals surface area contributed by atoms with Gasteiger partial charge in [0.15, 0.2) is 6.61 Å². The fourth-order valence-corrected chi connectivity index (χ4v) is 5.01. The van der Waals surface area contributed by atoms with Crippen molar-refractivity contribution in [3.05, 3.63) is 58.9 Å². The van der Waals surface area contributed by atoms with Gasteiger partial charge in [0, 0.05) is 23.6 Å². The lowest BCUT2D eigenvalue weighted by Gasteiger charge is -2.29. The number of amides is 2. The molecule has 3 heterocycles. The first-order valence-corrected chi connectivity index (χ1v) is 12.0. The fraction of sp³-hybridized carbons (Fsp3) is 0.174. The molecule has 2 aromatic heterocycles. The van der Waals surface area contributed by atoms with Gasteiger partial charge in [-0.05, 0) is 18.2 Å². The van der Waals surface area contributed by atoms with Crippen molar-refractivity contribution in [2.24, 2.45) is 0 Å². The molecule has 2 amide bonds. The van der Waals surface area contributed by atoms with Crippen molar-refractivity contribution in [2.75, 3.05) is 30.5 Å². The molecule has 0 saturated carbocycles. The summed E-state index contributed by atoms with van der Waals surface area (Å²) in [6.07, 6.45) is 0. The van der Waals surface area contributed by atoms with Gasteiger partial charge in [-0.3, -0.25) is 19.8 Å². The molecule has 1 aliphatic heterocycles. The third-order valence-corrected chi connectivity index (χ3v) is 6.71. The number of nitrogens with one attached hydrogen (secondary N) is 1. The van der Waals surface area contributed by atoms with E-state index >= 15 is 0 Å². The average Bonchev–Trinajstić information content (AvgIpc) is 3.52. The number of nitrogens with zero attached hydrogens (tertiary/aromatic N) is 4. The molecule has 0 unspecified atom stereocenters. The van der Waals surface area contributed by atoms with E-state index in [2.05, 4.69) is 15.5 Å². The number of rotatable bonds is 7. The maximum Gasteiger partial charge on any atom is 0.265 e. The van der Waals surface area contributed by atoms with Gasteiger partial charge in [-0.15, -0.1) is 21.5 Å². The first-order chi connectivity index (χ1) is 16.6. The highest BCUT2D eigenvalue weighted by Gasteiger charge is 2.28. The van der Waals surface area contributed by atoms with Crippen LogP contribution in [0.5, 0.6) is 5.75 Å². The zero-order valence-electron chi connectivity index (χ0n) is 18.1. The van der Waals surface area contributed by atoms with E-state index in [1.54, 1.807) is 24.5 Å². The van der Waals surface area contributed by atoms with Crippen LogP contribution in [0.2, 0.25) is 0 Å². The second-order valence-electron chi connectivity index (χ2n) is 7.34. The summed E-state index contributed by atoms with van der Waals surface area (Å²) in [6, 6.07) is 15.5. The molecule has 0 fully saturated rings. The summed E-state index contributed by atoms with van der Waals surface area (Å²) in [6.45, 7) is 0.00366. The van der Waals surface area contributed by atoms with E-state index in [0.717, 1.165) is 21.8 Å². The summed E-state index contributed by atoms with van der Waals surface area (Å²) in [5.74, 6) is -0.153. The van der Waals surface area contributed by atoms with Crippen LogP contribution in [0.25, 0.3) is 21.8 Å². The first-order valence-electron chi connectivity index (χ1n) is 10.3. The molecular formula is C23H19N5O4S2. The zero-order valence-corrected chi connectivity index (χ0v) is 19.7. The lowest BCUT2D eigenvalue weighted by atomic mass is 10.1. The number of benzene rings is 2. The summed E-state index contributed by atoms with van der Waals surface area (Å²) in [5, 5.41) is 14.4. The molecule has 9 nitrogen and oxygen atoms in total. The molecule has 0 atom stereocenters. The van der Waals surface area contributed by atoms with Gasteiger partial charge in [0.2, 0.25) is 11.0 Å². The number of carbonyl (C=O) groups is 2. The van der Waals surface area contributed by atoms with Gasteiger partial charge < -0.3 is 9.47 Å². The first kappa shape index (κ1) is 22.1. The highest BCUT2D eigenvalue weighted by atomic mass is 32.1. The number of hydrogen-bond acceptors (Lipinski definition) is 9. The lowest BCUT2D eigenvalue weighted by Crippen LogP contribution is -2.43. The molecule has 34 heavy (non-hydrogen) atoms. The smallest absolute Gasteiger partial charge is 0.265 e. The number of ether oxygens (including phenoxy) is 2. The minimum Gasteiger partial charge on any atom is -0.482 e. The second-order valence-corrected chi connectivity index (χ2v) is 9.26. The van der Waals surface area contributed by atoms with Crippen LogP contribution in [0.3, 0.4) is 0 Å². The Labute approximate surface area is 203 Å². The molecule has 0 bridgehead atoms. The molecule has 0 radical (unpaired) electrons. The maximum atomic E-state index is 12.7. The highest BCUT2D eigenvalue weighted by Crippen LogP contribution is 2.37. The van der Waals surface area contributed by atoms with Crippen molar-refractivity contribution >= 4 is 45.3 Å². The fourth-order valence-electron chi connectivity index (χ4n) is 3.44. The van der Waals surface area contributed by atoms with Crippen molar-refractivity contribution in [3.63, 3.8) is 0 Å². The summed E-state index contributed by atoms with van der Waals surface area (Å²) in [7, 11) is 1.56. The molecule has 11 heteroatoms. The number of aromatic nitrogens is 3. The van der Waals surface area contributed by atoms with Crippen LogP contribution in [0.4, 0.5) is 10.8 Å². The van der Waals surface area contributed by atoms with Crippen LogP contribution in [0.1, 0.15) is 5.01 Å². The quantitative estimate of drug-likeness (QED) is 0.417. The summed E-state index contributed by atoms with van der Waals surface area (Å²) < 4.78 is 10.6. The largest absolute Gasteiger partial charge is 0.482 e. The Morgan fingerprint density at radius 2 is 2.03 bits per heavy atom. The number of methoxy groups -OCH3 is 1. The Hall–Kier alpha value is -3.67. The molecule has 0 saturated heterocycles. The van der Waals surface area contributed by atoms with E-state index in [0.29, 0.717) is 28.2 Å². The van der Waals surface area contributed by atoms with Crippen molar-refractivity contribution in [3.8, 4) is 27.6 Å². The SMILES string of the molecule is COCc1nnc(NC(=O)CN2C(=O)COc3ccc(-c4csc(-c5ccccc5)n4)cc32)s1. The zero-order chi connectivity index (χ0) is 23.5. The van der Waals surface area contributed by atoms with Crippen LogP contribution >= 0.6 is 22.7 Å². The van der Waals surface area contributed by atoms with Crippen LogP contribution in [0.15, 0.2) is 53.9 Å². The Morgan fingerprint density at radius 3 is 2.85 bits per heavy atom. The van der Waals surface area contributed by atoms with E-state index < -0.39 is 0 Å². The standard InChI is InChI=1S/C23H19N5O4S2/c1-31-11-20-26-27-23(34-20)25-19(29)10-28-17-9-15(7-8-18(17)32-12-21(28)30)16-13-33-22(24-16)14-5-3-2-4-6-14/h2-9,13H,10-12H2,1H3,(H,25,27,29). The van der Waals surface area contributed by atoms with E-state index in [4.69, 9.17) is 14.5 Å². The molecule has 5 rings (SSSR count). The van der Waals surface area contributed by atoms with Gasteiger partial charge in [-0.1, -0.05) is 41.7 Å². The maximum absolute atomic E-state index is 12.7. The van der Waals surface area contributed by atoms with Crippen molar-refractivity contribution in [2.45, 2.75) is 6.61 Å². The van der Waals surface area contributed by atoms with Gasteiger partial charge in [0.25, 0.3) is 5.91 Å². The third-order valence-electron chi connectivity index (χ3n) is 5.01. The van der Waals surface area contributed by atoms with Gasteiger partial charge in [-0.25, -0.2) is 4.98 Å². The van der Waals surface area contributed by atoms with Crippen molar-refractivity contribution in [1.82, 2.24) is 15.2 Å². The van der Waals surface area contributed by atoms with E-state index in [9.17, 15) is 9.59 Å². The van der Waals surface area contributed by atoms with E-state index in [-0.39, 0.29) is 25.0 Å². The van der Waals surface area contributed by atoms with Crippen LogP contribution in [-0.4, -0.2) is 47.3 Å². The summed E-state index contributed by atoms with van der Waals surface area (Å²) >= 11 is 2.77. The second kappa shape index (κ2) is 9.67. The van der Waals surface area contributed by atoms with Gasteiger partial charge in [0.1, 0.15) is 28.9 Å².